The molecule has 4 heteroatoms. The largest absolute Gasteiger partial charge is 0.497 e. The standard InChI is InChI=1S/C12H14O3S/c1-7-9(6-12(13)14)10-5-8(15-2)3-4-11(10)16-7/h3-5,7,9H,6H2,1-2H3,(H,13,14). The van der Waals surface area contributed by atoms with E-state index in [0.717, 1.165) is 11.3 Å². The fraction of sp³-hybridized carbons (Fsp3) is 0.417. The van der Waals surface area contributed by atoms with Crippen LogP contribution >= 0.6 is 11.8 Å². The molecular weight excluding hydrogens is 224 g/mol. The first-order valence-electron chi connectivity index (χ1n) is 5.18. The third-order valence-corrected chi connectivity index (χ3v) is 4.22. The Morgan fingerprint density at radius 2 is 2.31 bits per heavy atom. The maximum atomic E-state index is 10.8. The molecule has 1 aliphatic rings. The highest BCUT2D eigenvalue weighted by Gasteiger charge is 2.32. The quantitative estimate of drug-likeness (QED) is 0.879. The topological polar surface area (TPSA) is 46.5 Å². The van der Waals surface area contributed by atoms with Crippen LogP contribution in [-0.4, -0.2) is 23.4 Å². The summed E-state index contributed by atoms with van der Waals surface area (Å²) in [5, 5.41) is 9.22. The number of carboxylic acid groups (broad SMARTS) is 1. The highest BCUT2D eigenvalue weighted by molar-refractivity contribution is 8.00. The van der Waals surface area contributed by atoms with Gasteiger partial charge in [0.25, 0.3) is 0 Å². The molecule has 2 rings (SSSR count). The average molecular weight is 238 g/mol. The molecule has 86 valence electrons. The van der Waals surface area contributed by atoms with E-state index in [-0.39, 0.29) is 12.3 Å². The van der Waals surface area contributed by atoms with Gasteiger partial charge in [-0.1, -0.05) is 6.92 Å². The van der Waals surface area contributed by atoms with Gasteiger partial charge < -0.3 is 9.84 Å². The molecular formula is C12H14O3S. The van der Waals surface area contributed by atoms with Crippen LogP contribution in [0.2, 0.25) is 0 Å². The summed E-state index contributed by atoms with van der Waals surface area (Å²) >= 11 is 1.74. The van der Waals surface area contributed by atoms with Crippen molar-refractivity contribution in [3.05, 3.63) is 23.8 Å². The average Bonchev–Trinajstić information content (AvgIpc) is 2.54. The normalized spacial score (nSPS) is 22.9. The third-order valence-electron chi connectivity index (χ3n) is 2.89. The predicted molar refractivity (Wildman–Crippen MR) is 63.3 cm³/mol. The van der Waals surface area contributed by atoms with Gasteiger partial charge in [-0.3, -0.25) is 4.79 Å². The van der Waals surface area contributed by atoms with E-state index in [4.69, 9.17) is 9.84 Å². The smallest absolute Gasteiger partial charge is 0.304 e. The van der Waals surface area contributed by atoms with Gasteiger partial charge in [0, 0.05) is 16.1 Å². The second-order valence-corrected chi connectivity index (χ2v) is 5.35. The van der Waals surface area contributed by atoms with Gasteiger partial charge in [-0.25, -0.2) is 0 Å². The van der Waals surface area contributed by atoms with Crippen LogP contribution in [0, 0.1) is 0 Å². The predicted octanol–water partition coefficient (Wildman–Crippen LogP) is 2.75. The van der Waals surface area contributed by atoms with Gasteiger partial charge in [0.05, 0.1) is 13.5 Å². The van der Waals surface area contributed by atoms with Gasteiger partial charge in [-0.05, 0) is 23.8 Å². The highest BCUT2D eigenvalue weighted by atomic mass is 32.2. The first-order valence-corrected chi connectivity index (χ1v) is 6.06. The lowest BCUT2D eigenvalue weighted by atomic mass is 9.93. The Morgan fingerprint density at radius 3 is 2.94 bits per heavy atom. The van der Waals surface area contributed by atoms with Crippen molar-refractivity contribution >= 4 is 17.7 Å². The van der Waals surface area contributed by atoms with Crippen LogP contribution < -0.4 is 4.74 Å². The second-order valence-electron chi connectivity index (χ2n) is 3.93. The number of hydrogen-bond acceptors (Lipinski definition) is 3. The summed E-state index contributed by atoms with van der Waals surface area (Å²) in [6.07, 6.45) is 0.189. The monoisotopic (exact) mass is 238 g/mol. The van der Waals surface area contributed by atoms with Crippen molar-refractivity contribution in [2.75, 3.05) is 7.11 Å². The number of aliphatic carboxylic acids is 1. The Morgan fingerprint density at radius 1 is 1.56 bits per heavy atom. The highest BCUT2D eigenvalue weighted by Crippen LogP contribution is 2.47. The summed E-state index contributed by atoms with van der Waals surface area (Å²) in [5.41, 5.74) is 1.11. The van der Waals surface area contributed by atoms with Crippen LogP contribution in [0.15, 0.2) is 23.1 Å². The molecule has 0 radical (unpaired) electrons. The Balaban J connectivity index is 2.33. The molecule has 16 heavy (non-hydrogen) atoms. The maximum Gasteiger partial charge on any atom is 0.304 e. The van der Waals surface area contributed by atoms with Crippen LogP contribution in [0.1, 0.15) is 24.8 Å². The van der Waals surface area contributed by atoms with Crippen LogP contribution in [0.5, 0.6) is 5.75 Å². The van der Waals surface area contributed by atoms with Gasteiger partial charge in [-0.2, -0.15) is 0 Å². The zero-order valence-electron chi connectivity index (χ0n) is 9.27. The molecule has 2 unspecified atom stereocenters. The number of methoxy groups -OCH3 is 1. The Bertz CT molecular complexity index is 417. The van der Waals surface area contributed by atoms with Crippen LogP contribution in [0.4, 0.5) is 0 Å². The maximum absolute atomic E-state index is 10.8. The number of carboxylic acids is 1. The van der Waals surface area contributed by atoms with Crippen molar-refractivity contribution in [1.29, 1.82) is 0 Å². The molecule has 0 amide bonds. The molecule has 0 saturated carbocycles. The molecule has 0 aliphatic carbocycles. The fourth-order valence-corrected chi connectivity index (χ4v) is 3.35. The molecule has 2 atom stereocenters. The third kappa shape index (κ3) is 2.02. The van der Waals surface area contributed by atoms with Crippen molar-refractivity contribution in [3.8, 4) is 5.75 Å². The van der Waals surface area contributed by atoms with Gasteiger partial charge in [0.2, 0.25) is 0 Å². The first-order chi connectivity index (χ1) is 7.61. The molecule has 0 saturated heterocycles. The summed E-state index contributed by atoms with van der Waals surface area (Å²) in [7, 11) is 1.62. The molecule has 0 aromatic heterocycles. The number of ether oxygens (including phenoxy) is 1. The number of rotatable bonds is 3. The Labute approximate surface area is 98.8 Å². The summed E-state index contributed by atoms with van der Waals surface area (Å²) < 4.78 is 5.17. The van der Waals surface area contributed by atoms with Crippen molar-refractivity contribution < 1.29 is 14.6 Å². The van der Waals surface area contributed by atoms with Crippen LogP contribution in [0.25, 0.3) is 0 Å². The lowest BCUT2D eigenvalue weighted by Gasteiger charge is -2.13. The lowest BCUT2D eigenvalue weighted by molar-refractivity contribution is -0.137. The molecule has 1 aliphatic heterocycles. The number of thioether (sulfide) groups is 1. The van der Waals surface area contributed by atoms with Gasteiger partial charge in [-0.15, -0.1) is 11.8 Å². The molecule has 1 aromatic carbocycles. The molecule has 3 nitrogen and oxygen atoms in total. The second kappa shape index (κ2) is 4.37. The van der Waals surface area contributed by atoms with Gasteiger partial charge in [0.15, 0.2) is 0 Å². The van der Waals surface area contributed by atoms with E-state index in [0.29, 0.717) is 5.25 Å². The minimum atomic E-state index is -0.742. The summed E-state index contributed by atoms with van der Waals surface area (Å²) in [6.45, 7) is 2.07. The molecule has 1 heterocycles. The molecule has 0 bridgehead atoms. The van der Waals surface area contributed by atoms with E-state index >= 15 is 0 Å². The van der Waals surface area contributed by atoms with Crippen molar-refractivity contribution in [3.63, 3.8) is 0 Å². The fourth-order valence-electron chi connectivity index (χ4n) is 2.05. The summed E-state index contributed by atoms with van der Waals surface area (Å²) in [6, 6.07) is 5.89. The summed E-state index contributed by atoms with van der Waals surface area (Å²) in [5.74, 6) is 0.143. The summed E-state index contributed by atoms with van der Waals surface area (Å²) in [4.78, 5) is 12.0. The van der Waals surface area contributed by atoms with Crippen LogP contribution in [-0.2, 0) is 4.79 Å². The van der Waals surface area contributed by atoms with Crippen LogP contribution in [0.3, 0.4) is 0 Å². The van der Waals surface area contributed by atoms with Crippen molar-refractivity contribution in [2.45, 2.75) is 29.4 Å². The molecule has 0 fully saturated rings. The number of carbonyl (C=O) groups is 1. The Kier molecular flexibility index (Phi) is 3.10. The van der Waals surface area contributed by atoms with Crippen molar-refractivity contribution in [2.24, 2.45) is 0 Å². The minimum Gasteiger partial charge on any atom is -0.497 e. The molecule has 1 aromatic rings. The van der Waals surface area contributed by atoms with Crippen molar-refractivity contribution in [1.82, 2.24) is 0 Å². The number of benzene rings is 1. The SMILES string of the molecule is COc1ccc2c(c1)C(CC(=O)O)C(C)S2. The van der Waals surface area contributed by atoms with E-state index < -0.39 is 5.97 Å². The zero-order valence-corrected chi connectivity index (χ0v) is 10.1. The minimum absolute atomic E-state index is 0.0904. The lowest BCUT2D eigenvalue weighted by Crippen LogP contribution is -2.11. The van der Waals surface area contributed by atoms with Gasteiger partial charge in [0.1, 0.15) is 5.75 Å². The van der Waals surface area contributed by atoms with E-state index in [1.165, 1.54) is 4.90 Å². The zero-order chi connectivity index (χ0) is 11.7. The van der Waals surface area contributed by atoms with E-state index in [1.807, 2.05) is 18.2 Å². The molecule has 0 spiro atoms. The first kappa shape index (κ1) is 11.3. The van der Waals surface area contributed by atoms with E-state index in [1.54, 1.807) is 18.9 Å². The molecule has 1 N–H and O–H groups in total. The Hall–Kier alpha value is -1.16. The van der Waals surface area contributed by atoms with E-state index in [2.05, 4.69) is 6.92 Å². The van der Waals surface area contributed by atoms with Gasteiger partial charge >= 0.3 is 5.97 Å². The number of hydrogen-bond donors (Lipinski definition) is 1. The number of fused-ring (bicyclic) bond motifs is 1. The van der Waals surface area contributed by atoms with E-state index in [9.17, 15) is 4.79 Å².